The maximum Gasteiger partial charge on any atom is 0.321 e. The van der Waals surface area contributed by atoms with Gasteiger partial charge in [-0.3, -0.25) is 4.79 Å². The van der Waals surface area contributed by atoms with E-state index in [1.54, 1.807) is 11.8 Å². The number of hydrogen-bond donors (Lipinski definition) is 2. The van der Waals surface area contributed by atoms with Gasteiger partial charge in [-0.1, -0.05) is 24.3 Å². The molecule has 1 fully saturated rings. The summed E-state index contributed by atoms with van der Waals surface area (Å²) in [6.07, 6.45) is 1.07. The number of carbonyl (C=O) groups excluding carboxylic acids is 2. The van der Waals surface area contributed by atoms with Crippen LogP contribution in [0.2, 0.25) is 0 Å². The first-order valence-corrected chi connectivity index (χ1v) is 9.30. The van der Waals surface area contributed by atoms with E-state index < -0.39 is 17.7 Å². The molecule has 1 aliphatic rings. The Balaban J connectivity index is 1.50. The minimum absolute atomic E-state index is 0.181. The number of anilines is 1. The molecular weight excluding hydrogens is 364 g/mol. The number of likely N-dealkylation sites (tertiary alicyclic amines) is 1. The Labute approximate surface area is 162 Å². The van der Waals surface area contributed by atoms with Crippen LogP contribution in [0.4, 0.5) is 19.3 Å². The highest BCUT2D eigenvalue weighted by atomic mass is 19.1. The third-order valence-electron chi connectivity index (χ3n) is 4.97. The second kappa shape index (κ2) is 8.82. The molecule has 0 radical (unpaired) electrons. The average molecular weight is 387 g/mol. The van der Waals surface area contributed by atoms with E-state index in [1.165, 1.54) is 12.1 Å². The lowest BCUT2D eigenvalue weighted by Crippen LogP contribution is -2.45. The van der Waals surface area contributed by atoms with E-state index >= 15 is 0 Å². The third-order valence-corrected chi connectivity index (χ3v) is 4.97. The molecule has 28 heavy (non-hydrogen) atoms. The van der Waals surface area contributed by atoms with E-state index in [1.807, 2.05) is 30.3 Å². The summed E-state index contributed by atoms with van der Waals surface area (Å²) in [5, 5.41) is 5.62. The van der Waals surface area contributed by atoms with Crippen LogP contribution in [0, 0.1) is 17.6 Å². The Hall–Kier alpha value is -2.96. The summed E-state index contributed by atoms with van der Waals surface area (Å²) >= 11 is 0. The monoisotopic (exact) mass is 387 g/mol. The van der Waals surface area contributed by atoms with Gasteiger partial charge in [0.1, 0.15) is 11.6 Å². The number of amides is 3. The molecule has 0 aliphatic carbocycles. The zero-order chi connectivity index (χ0) is 20.1. The number of nitrogens with zero attached hydrogens (tertiary/aromatic N) is 1. The summed E-state index contributed by atoms with van der Waals surface area (Å²) in [7, 11) is 0. The quantitative estimate of drug-likeness (QED) is 0.830. The molecule has 1 heterocycles. The Morgan fingerprint density at radius 3 is 2.39 bits per heavy atom. The predicted molar refractivity (Wildman–Crippen MR) is 103 cm³/mol. The van der Waals surface area contributed by atoms with Crippen LogP contribution < -0.4 is 10.6 Å². The normalized spacial score (nSPS) is 15.8. The van der Waals surface area contributed by atoms with Crippen molar-refractivity contribution in [3.05, 3.63) is 65.7 Å². The second-order valence-corrected chi connectivity index (χ2v) is 6.95. The van der Waals surface area contributed by atoms with Crippen molar-refractivity contribution in [2.45, 2.75) is 25.8 Å². The van der Waals surface area contributed by atoms with Crippen LogP contribution >= 0.6 is 0 Å². The number of benzene rings is 2. The van der Waals surface area contributed by atoms with Crippen LogP contribution in [0.1, 0.15) is 31.4 Å². The van der Waals surface area contributed by atoms with E-state index in [2.05, 4.69) is 10.6 Å². The number of piperidine rings is 1. The molecule has 0 aromatic heterocycles. The summed E-state index contributed by atoms with van der Waals surface area (Å²) in [5.74, 6) is -1.76. The third kappa shape index (κ3) is 4.85. The zero-order valence-electron chi connectivity index (χ0n) is 15.6. The molecule has 1 atom stereocenters. The highest BCUT2D eigenvalue weighted by molar-refractivity contribution is 5.89. The molecule has 7 heteroatoms. The van der Waals surface area contributed by atoms with Crippen LogP contribution in [-0.4, -0.2) is 29.9 Å². The van der Waals surface area contributed by atoms with Crippen molar-refractivity contribution in [1.29, 1.82) is 0 Å². The topological polar surface area (TPSA) is 61.4 Å². The highest BCUT2D eigenvalue weighted by Crippen LogP contribution is 2.22. The van der Waals surface area contributed by atoms with E-state index in [4.69, 9.17) is 0 Å². The van der Waals surface area contributed by atoms with Gasteiger partial charge in [-0.25, -0.2) is 13.6 Å². The van der Waals surface area contributed by atoms with Crippen LogP contribution in [-0.2, 0) is 4.79 Å². The zero-order valence-corrected chi connectivity index (χ0v) is 15.6. The Kier molecular flexibility index (Phi) is 6.23. The first-order valence-electron chi connectivity index (χ1n) is 9.30. The molecule has 2 aromatic rings. The van der Waals surface area contributed by atoms with Gasteiger partial charge in [-0.05, 0) is 38.0 Å². The molecule has 3 amide bonds. The van der Waals surface area contributed by atoms with Gasteiger partial charge < -0.3 is 15.5 Å². The molecular formula is C21H23F2N3O2. The SMILES string of the molecule is CC(NC(=O)C1CCN(C(=O)Nc2ccccc2)CC1)c1ccc(F)cc1F. The molecule has 1 aliphatic heterocycles. The summed E-state index contributed by atoms with van der Waals surface area (Å²) in [6, 6.07) is 11.8. The smallest absolute Gasteiger partial charge is 0.321 e. The summed E-state index contributed by atoms with van der Waals surface area (Å²) in [4.78, 5) is 26.5. The van der Waals surface area contributed by atoms with Gasteiger partial charge in [0.15, 0.2) is 0 Å². The molecule has 1 saturated heterocycles. The second-order valence-electron chi connectivity index (χ2n) is 6.95. The number of urea groups is 1. The van der Waals surface area contributed by atoms with Gasteiger partial charge in [-0.15, -0.1) is 0 Å². The minimum atomic E-state index is -0.680. The summed E-state index contributed by atoms with van der Waals surface area (Å²) in [6.45, 7) is 2.60. The lowest BCUT2D eigenvalue weighted by atomic mass is 9.95. The molecule has 2 aromatic carbocycles. The van der Waals surface area contributed by atoms with Crippen molar-refractivity contribution < 1.29 is 18.4 Å². The number of carbonyl (C=O) groups is 2. The molecule has 2 N–H and O–H groups in total. The molecule has 0 saturated carbocycles. The van der Waals surface area contributed by atoms with Crippen LogP contribution in [0.5, 0.6) is 0 Å². The van der Waals surface area contributed by atoms with Crippen molar-refractivity contribution in [3.8, 4) is 0 Å². The first-order chi connectivity index (χ1) is 13.4. The van der Waals surface area contributed by atoms with Crippen molar-refractivity contribution in [2.75, 3.05) is 18.4 Å². The highest BCUT2D eigenvalue weighted by Gasteiger charge is 2.28. The minimum Gasteiger partial charge on any atom is -0.349 e. The molecule has 148 valence electrons. The van der Waals surface area contributed by atoms with Gasteiger partial charge in [0.25, 0.3) is 0 Å². The fourth-order valence-corrected chi connectivity index (χ4v) is 3.33. The molecule has 0 bridgehead atoms. The standard InChI is InChI=1S/C21H23F2N3O2/c1-14(18-8-7-16(22)13-19(18)23)24-20(27)15-9-11-26(12-10-15)21(28)25-17-5-3-2-4-6-17/h2-8,13-15H,9-12H2,1H3,(H,24,27)(H,25,28). The van der Waals surface area contributed by atoms with E-state index in [-0.39, 0.29) is 23.4 Å². The lowest BCUT2D eigenvalue weighted by Gasteiger charge is -2.32. The first kappa shape index (κ1) is 19.8. The number of rotatable bonds is 4. The Morgan fingerprint density at radius 1 is 1.07 bits per heavy atom. The van der Waals surface area contributed by atoms with E-state index in [0.29, 0.717) is 25.9 Å². The van der Waals surface area contributed by atoms with Crippen molar-refractivity contribution in [1.82, 2.24) is 10.2 Å². The van der Waals surface area contributed by atoms with Gasteiger partial charge in [0.05, 0.1) is 6.04 Å². The van der Waals surface area contributed by atoms with Gasteiger partial charge in [-0.2, -0.15) is 0 Å². The van der Waals surface area contributed by atoms with Crippen molar-refractivity contribution in [2.24, 2.45) is 5.92 Å². The van der Waals surface area contributed by atoms with Crippen LogP contribution in [0.25, 0.3) is 0 Å². The van der Waals surface area contributed by atoms with E-state index in [9.17, 15) is 18.4 Å². The predicted octanol–water partition coefficient (Wildman–Crippen LogP) is 4.09. The Bertz CT molecular complexity index is 837. The Morgan fingerprint density at radius 2 is 1.75 bits per heavy atom. The van der Waals surface area contributed by atoms with Crippen LogP contribution in [0.3, 0.4) is 0 Å². The number of nitrogens with one attached hydrogen (secondary N) is 2. The number of hydrogen-bond acceptors (Lipinski definition) is 2. The number of halogens is 2. The maximum atomic E-state index is 13.9. The fourth-order valence-electron chi connectivity index (χ4n) is 3.33. The van der Waals surface area contributed by atoms with Gasteiger partial charge in [0.2, 0.25) is 5.91 Å². The number of para-hydroxylation sites is 1. The molecule has 3 rings (SSSR count). The van der Waals surface area contributed by atoms with Crippen LogP contribution in [0.15, 0.2) is 48.5 Å². The molecule has 0 spiro atoms. The molecule has 1 unspecified atom stereocenters. The molecule has 5 nitrogen and oxygen atoms in total. The van der Waals surface area contributed by atoms with Gasteiger partial charge in [0, 0.05) is 36.3 Å². The largest absolute Gasteiger partial charge is 0.349 e. The summed E-state index contributed by atoms with van der Waals surface area (Å²) < 4.78 is 26.9. The average Bonchev–Trinajstić information content (AvgIpc) is 2.68. The van der Waals surface area contributed by atoms with Gasteiger partial charge >= 0.3 is 6.03 Å². The summed E-state index contributed by atoms with van der Waals surface area (Å²) in [5.41, 5.74) is 0.969. The van der Waals surface area contributed by atoms with Crippen molar-refractivity contribution >= 4 is 17.6 Å². The van der Waals surface area contributed by atoms with E-state index in [0.717, 1.165) is 11.8 Å². The lowest BCUT2D eigenvalue weighted by molar-refractivity contribution is -0.126. The fraction of sp³-hybridized carbons (Fsp3) is 0.333. The van der Waals surface area contributed by atoms with Crippen molar-refractivity contribution in [3.63, 3.8) is 0 Å². The maximum absolute atomic E-state index is 13.9.